The summed E-state index contributed by atoms with van der Waals surface area (Å²) in [5.74, 6) is 0.475. The lowest BCUT2D eigenvalue weighted by Gasteiger charge is -2.14. The molecular weight excluding hydrogens is 444 g/mol. The Morgan fingerprint density at radius 3 is 2.47 bits per heavy atom. The molecule has 0 radical (unpaired) electrons. The summed E-state index contributed by atoms with van der Waals surface area (Å²) in [4.78, 5) is 30.6. The molecule has 5 aromatic rings. The monoisotopic (exact) mass is 468 g/mol. The molecule has 0 saturated carbocycles. The predicted octanol–water partition coefficient (Wildman–Crippen LogP) is 5.96. The largest absolute Gasteiger partial charge is 0.422 e. The second kappa shape index (κ2) is 8.95. The van der Waals surface area contributed by atoms with E-state index in [1.165, 1.54) is 23.4 Å². The van der Waals surface area contributed by atoms with Crippen molar-refractivity contribution in [3.8, 4) is 5.69 Å². The smallest absolute Gasteiger partial charge is 0.336 e. The van der Waals surface area contributed by atoms with Gasteiger partial charge in [-0.3, -0.25) is 9.36 Å². The Kier molecular flexibility index (Phi) is 5.84. The van der Waals surface area contributed by atoms with Crippen LogP contribution in [0.4, 0.5) is 0 Å². The van der Waals surface area contributed by atoms with Gasteiger partial charge < -0.3 is 4.42 Å². The molecule has 0 aliphatic rings. The van der Waals surface area contributed by atoms with Crippen molar-refractivity contribution >= 4 is 33.6 Å². The van der Waals surface area contributed by atoms with Crippen LogP contribution >= 0.6 is 11.8 Å². The average Bonchev–Trinajstić information content (AvgIpc) is 2.85. The summed E-state index contributed by atoms with van der Waals surface area (Å²) in [7, 11) is 0. The number of nitrogens with zero attached hydrogens (tertiary/aromatic N) is 2. The summed E-state index contributed by atoms with van der Waals surface area (Å²) in [6, 6.07) is 20.9. The Morgan fingerprint density at radius 1 is 0.941 bits per heavy atom. The fraction of sp³-hybridized carbons (Fsp3) is 0.179. The van der Waals surface area contributed by atoms with E-state index in [9.17, 15) is 9.59 Å². The van der Waals surface area contributed by atoms with Crippen molar-refractivity contribution in [1.82, 2.24) is 9.55 Å². The number of hydrogen-bond acceptors (Lipinski definition) is 5. The maximum Gasteiger partial charge on any atom is 0.336 e. The standard InChI is InChI=1S/C28H24N2O3S/c1-4-19-10-12-21(13-11-19)30-27(32)23-7-5-6-8-24(23)29-28(30)34-16-20-15-25(31)33-26-18(3)17(2)9-14-22(20)26/h5-15H,4,16H2,1-3H3. The van der Waals surface area contributed by atoms with Gasteiger partial charge in [0.05, 0.1) is 16.6 Å². The van der Waals surface area contributed by atoms with Gasteiger partial charge in [-0.1, -0.05) is 55.1 Å². The summed E-state index contributed by atoms with van der Waals surface area (Å²) in [5, 5.41) is 2.05. The maximum absolute atomic E-state index is 13.5. The number of fused-ring (bicyclic) bond motifs is 2. The lowest BCUT2D eigenvalue weighted by atomic mass is 10.0. The Bertz CT molecular complexity index is 1650. The van der Waals surface area contributed by atoms with Gasteiger partial charge >= 0.3 is 5.63 Å². The highest BCUT2D eigenvalue weighted by molar-refractivity contribution is 7.98. The van der Waals surface area contributed by atoms with Crippen molar-refractivity contribution < 1.29 is 4.42 Å². The van der Waals surface area contributed by atoms with Crippen LogP contribution in [0.15, 0.2) is 85.9 Å². The third-order valence-corrected chi connectivity index (χ3v) is 7.21. The molecule has 2 heterocycles. The molecule has 0 amide bonds. The van der Waals surface area contributed by atoms with Gasteiger partial charge in [-0.2, -0.15) is 0 Å². The zero-order valence-electron chi connectivity index (χ0n) is 19.3. The van der Waals surface area contributed by atoms with Gasteiger partial charge in [0.15, 0.2) is 5.16 Å². The van der Waals surface area contributed by atoms with Crippen LogP contribution in [-0.4, -0.2) is 9.55 Å². The topological polar surface area (TPSA) is 65.1 Å². The molecule has 3 aromatic carbocycles. The van der Waals surface area contributed by atoms with Crippen LogP contribution in [-0.2, 0) is 12.2 Å². The van der Waals surface area contributed by atoms with E-state index in [2.05, 4.69) is 6.92 Å². The number of thioether (sulfide) groups is 1. The van der Waals surface area contributed by atoms with Crippen LogP contribution in [0.2, 0.25) is 0 Å². The Hall–Kier alpha value is -3.64. The normalized spacial score (nSPS) is 11.4. The molecule has 0 saturated heterocycles. The van der Waals surface area contributed by atoms with E-state index in [0.717, 1.165) is 34.2 Å². The third kappa shape index (κ3) is 3.94. The summed E-state index contributed by atoms with van der Waals surface area (Å²) in [6.45, 7) is 6.06. The fourth-order valence-electron chi connectivity index (χ4n) is 4.10. The van der Waals surface area contributed by atoms with E-state index in [1.807, 2.05) is 68.4 Å². The van der Waals surface area contributed by atoms with Crippen molar-refractivity contribution in [1.29, 1.82) is 0 Å². The molecule has 0 unspecified atom stereocenters. The Morgan fingerprint density at radius 2 is 1.71 bits per heavy atom. The number of benzene rings is 3. The zero-order chi connectivity index (χ0) is 23.8. The first-order valence-electron chi connectivity index (χ1n) is 11.2. The summed E-state index contributed by atoms with van der Waals surface area (Å²) in [6.07, 6.45) is 0.926. The van der Waals surface area contributed by atoms with Gasteiger partial charge in [0.1, 0.15) is 5.58 Å². The minimum absolute atomic E-state index is 0.110. The molecule has 0 fully saturated rings. The Balaban J connectivity index is 1.64. The quantitative estimate of drug-likeness (QED) is 0.181. The first-order valence-corrected chi connectivity index (χ1v) is 12.2. The zero-order valence-corrected chi connectivity index (χ0v) is 20.1. The van der Waals surface area contributed by atoms with Crippen molar-refractivity contribution in [2.75, 3.05) is 0 Å². The average molecular weight is 469 g/mol. The molecule has 0 bridgehead atoms. The Labute approximate surface area is 201 Å². The second-order valence-electron chi connectivity index (χ2n) is 8.34. The van der Waals surface area contributed by atoms with Gasteiger partial charge in [-0.25, -0.2) is 9.78 Å². The molecule has 0 N–H and O–H groups in total. The van der Waals surface area contributed by atoms with Crippen LogP contribution in [0.25, 0.3) is 27.6 Å². The van der Waals surface area contributed by atoms with Crippen molar-refractivity contribution in [3.05, 3.63) is 110 Å². The van der Waals surface area contributed by atoms with E-state index in [0.29, 0.717) is 27.4 Å². The van der Waals surface area contributed by atoms with Crippen molar-refractivity contribution in [3.63, 3.8) is 0 Å². The molecule has 5 rings (SSSR count). The maximum atomic E-state index is 13.5. The van der Waals surface area contributed by atoms with Crippen LogP contribution < -0.4 is 11.2 Å². The SMILES string of the molecule is CCc1ccc(-n2c(SCc3cc(=O)oc4c(C)c(C)ccc34)nc3ccccc3c2=O)cc1. The number of para-hydroxylation sites is 1. The molecule has 0 spiro atoms. The highest BCUT2D eigenvalue weighted by Crippen LogP contribution is 2.29. The van der Waals surface area contributed by atoms with Gasteiger partial charge in [0, 0.05) is 17.2 Å². The van der Waals surface area contributed by atoms with E-state index in [-0.39, 0.29) is 11.2 Å². The number of aromatic nitrogens is 2. The minimum Gasteiger partial charge on any atom is -0.422 e. The highest BCUT2D eigenvalue weighted by atomic mass is 32.2. The summed E-state index contributed by atoms with van der Waals surface area (Å²) >= 11 is 1.44. The molecule has 0 atom stereocenters. The summed E-state index contributed by atoms with van der Waals surface area (Å²) < 4.78 is 7.18. The number of aryl methyl sites for hydroxylation is 3. The van der Waals surface area contributed by atoms with E-state index in [1.54, 1.807) is 10.6 Å². The van der Waals surface area contributed by atoms with Crippen LogP contribution in [0, 0.1) is 13.8 Å². The van der Waals surface area contributed by atoms with E-state index >= 15 is 0 Å². The lowest BCUT2D eigenvalue weighted by Crippen LogP contribution is -2.21. The molecule has 0 aliphatic carbocycles. The molecule has 0 aliphatic heterocycles. The van der Waals surface area contributed by atoms with Gasteiger partial charge in [0.25, 0.3) is 5.56 Å². The fourth-order valence-corrected chi connectivity index (χ4v) is 5.11. The van der Waals surface area contributed by atoms with E-state index in [4.69, 9.17) is 9.40 Å². The van der Waals surface area contributed by atoms with Gasteiger partial charge in [-0.15, -0.1) is 0 Å². The molecule has 34 heavy (non-hydrogen) atoms. The third-order valence-electron chi connectivity index (χ3n) is 6.22. The molecular formula is C28H24N2O3S. The molecule has 6 heteroatoms. The van der Waals surface area contributed by atoms with Crippen LogP contribution in [0.3, 0.4) is 0 Å². The lowest BCUT2D eigenvalue weighted by molar-refractivity contribution is 0.557. The minimum atomic E-state index is -0.379. The predicted molar refractivity (Wildman–Crippen MR) is 138 cm³/mol. The number of rotatable bonds is 5. The van der Waals surface area contributed by atoms with Gasteiger partial charge in [-0.05, 0) is 66.8 Å². The van der Waals surface area contributed by atoms with Gasteiger partial charge in [0.2, 0.25) is 0 Å². The first-order chi connectivity index (χ1) is 16.5. The highest BCUT2D eigenvalue weighted by Gasteiger charge is 2.15. The van der Waals surface area contributed by atoms with Crippen molar-refractivity contribution in [2.45, 2.75) is 38.1 Å². The molecule has 170 valence electrons. The molecule has 5 nitrogen and oxygen atoms in total. The van der Waals surface area contributed by atoms with Crippen LogP contribution in [0.5, 0.6) is 0 Å². The molecule has 2 aromatic heterocycles. The second-order valence-corrected chi connectivity index (χ2v) is 9.28. The van der Waals surface area contributed by atoms with Crippen molar-refractivity contribution in [2.24, 2.45) is 0 Å². The number of hydrogen-bond donors (Lipinski definition) is 0. The first kappa shape index (κ1) is 22.2. The van der Waals surface area contributed by atoms with Crippen LogP contribution in [0.1, 0.15) is 29.2 Å². The van der Waals surface area contributed by atoms with E-state index < -0.39 is 0 Å². The summed E-state index contributed by atoms with van der Waals surface area (Å²) in [5.41, 5.74) is 5.63.